The Balaban J connectivity index is 0.000000277. The number of nitrogens with zero attached hydrogens (tertiary/aromatic N) is 2. The number of halogens is 3. The van der Waals surface area contributed by atoms with Crippen molar-refractivity contribution in [1.82, 2.24) is 4.90 Å². The van der Waals surface area contributed by atoms with E-state index >= 15 is 0 Å². The van der Waals surface area contributed by atoms with Gasteiger partial charge in [-0.25, -0.2) is 4.39 Å². The number of likely N-dealkylation sites (N-methyl/N-ethyl adjacent to an activating group) is 1. The van der Waals surface area contributed by atoms with Crippen LogP contribution in [0.4, 0.5) is 10.1 Å². The van der Waals surface area contributed by atoms with Crippen molar-refractivity contribution >= 4 is 35.2 Å². The maximum atomic E-state index is 12.1. The number of aldehydes is 1. The summed E-state index contributed by atoms with van der Waals surface area (Å²) in [6.07, 6.45) is 14.0. The van der Waals surface area contributed by atoms with E-state index in [1.807, 2.05) is 44.2 Å². The molecule has 3 nitrogen and oxygen atoms in total. The molecule has 0 amide bonds. The van der Waals surface area contributed by atoms with Crippen LogP contribution in [0.1, 0.15) is 30.6 Å². The molecule has 1 atom stereocenters. The molecule has 0 aromatic heterocycles. The van der Waals surface area contributed by atoms with E-state index in [2.05, 4.69) is 47.5 Å². The molecule has 2 aromatic carbocycles. The SMILES string of the molecule is CC.CN1C=CN(c2ccc(Cl)cc2)C1C1=CC=CCC=C1Cl.O=Cc1ccc(F)cc1. The lowest BCUT2D eigenvalue weighted by Gasteiger charge is -2.32. The molecular weight excluding hydrogens is 446 g/mol. The lowest BCUT2D eigenvalue weighted by Crippen LogP contribution is -2.38. The van der Waals surface area contributed by atoms with Gasteiger partial charge in [0, 0.05) is 46.3 Å². The number of hydrogen-bond donors (Lipinski definition) is 0. The highest BCUT2D eigenvalue weighted by molar-refractivity contribution is 6.32. The fourth-order valence-corrected chi connectivity index (χ4v) is 3.49. The summed E-state index contributed by atoms with van der Waals surface area (Å²) < 4.78 is 12.1. The lowest BCUT2D eigenvalue weighted by atomic mass is 10.1. The van der Waals surface area contributed by atoms with E-state index in [9.17, 15) is 9.18 Å². The van der Waals surface area contributed by atoms with E-state index < -0.39 is 0 Å². The largest absolute Gasteiger partial charge is 0.355 e. The van der Waals surface area contributed by atoms with E-state index in [-0.39, 0.29) is 12.0 Å². The Morgan fingerprint density at radius 3 is 2.28 bits per heavy atom. The molecule has 1 heterocycles. The first-order valence-corrected chi connectivity index (χ1v) is 11.1. The molecule has 6 heteroatoms. The number of benzene rings is 2. The third kappa shape index (κ3) is 6.84. The van der Waals surface area contributed by atoms with Crippen molar-refractivity contribution in [3.05, 3.63) is 112 Å². The fraction of sp³-hybridized carbons (Fsp3) is 0.192. The number of allylic oxidation sites excluding steroid dienone is 4. The molecule has 0 N–H and O–H groups in total. The van der Waals surface area contributed by atoms with Gasteiger partial charge < -0.3 is 9.80 Å². The minimum atomic E-state index is -0.319. The molecule has 0 spiro atoms. The molecule has 1 aliphatic heterocycles. The first kappa shape index (κ1) is 25.4. The van der Waals surface area contributed by atoms with Gasteiger partial charge in [-0.1, -0.05) is 61.4 Å². The molecule has 168 valence electrons. The van der Waals surface area contributed by atoms with Crippen LogP contribution in [0.15, 0.2) is 95.8 Å². The molecule has 1 aliphatic carbocycles. The van der Waals surface area contributed by atoms with Crippen molar-refractivity contribution in [3.8, 4) is 0 Å². The summed E-state index contributed by atoms with van der Waals surface area (Å²) in [5, 5.41) is 1.54. The van der Waals surface area contributed by atoms with Gasteiger partial charge in [0.25, 0.3) is 0 Å². The second kappa shape index (κ2) is 12.9. The van der Waals surface area contributed by atoms with E-state index in [0.29, 0.717) is 11.8 Å². The van der Waals surface area contributed by atoms with Gasteiger partial charge in [0.05, 0.1) is 0 Å². The zero-order valence-corrected chi connectivity index (χ0v) is 19.9. The van der Waals surface area contributed by atoms with Gasteiger partial charge in [0.2, 0.25) is 0 Å². The van der Waals surface area contributed by atoms with Crippen LogP contribution in [0.3, 0.4) is 0 Å². The van der Waals surface area contributed by atoms with Gasteiger partial charge in [-0.2, -0.15) is 0 Å². The summed E-state index contributed by atoms with van der Waals surface area (Å²) in [6.45, 7) is 4.00. The Hall–Kier alpha value is -2.82. The highest BCUT2D eigenvalue weighted by atomic mass is 35.5. The minimum absolute atomic E-state index is 0.0534. The Bertz CT molecular complexity index is 995. The molecule has 2 aromatic rings. The number of anilines is 1. The Morgan fingerprint density at radius 1 is 1.00 bits per heavy atom. The maximum Gasteiger partial charge on any atom is 0.150 e. The summed E-state index contributed by atoms with van der Waals surface area (Å²) in [7, 11) is 2.05. The van der Waals surface area contributed by atoms with Gasteiger partial charge in [0.1, 0.15) is 18.3 Å². The average molecular weight is 473 g/mol. The second-order valence-corrected chi connectivity index (χ2v) is 7.57. The maximum absolute atomic E-state index is 12.1. The second-order valence-electron chi connectivity index (χ2n) is 6.73. The van der Waals surface area contributed by atoms with Crippen molar-refractivity contribution in [2.45, 2.75) is 26.4 Å². The van der Waals surface area contributed by atoms with Gasteiger partial charge in [0.15, 0.2) is 0 Å². The van der Waals surface area contributed by atoms with Crippen LogP contribution in [0, 0.1) is 5.82 Å². The van der Waals surface area contributed by atoms with Crippen LogP contribution in [-0.2, 0) is 0 Å². The first-order valence-electron chi connectivity index (χ1n) is 10.4. The van der Waals surface area contributed by atoms with Crippen molar-refractivity contribution < 1.29 is 9.18 Å². The number of carbonyl (C=O) groups excluding carboxylic acids is 1. The molecule has 2 aliphatic rings. The van der Waals surface area contributed by atoms with Crippen LogP contribution < -0.4 is 4.90 Å². The molecule has 0 saturated carbocycles. The van der Waals surface area contributed by atoms with Crippen LogP contribution in [0.25, 0.3) is 0 Å². The molecular formula is C26H27Cl2FN2O. The Morgan fingerprint density at radius 2 is 1.66 bits per heavy atom. The van der Waals surface area contributed by atoms with Crippen LogP contribution >= 0.6 is 23.2 Å². The molecule has 32 heavy (non-hydrogen) atoms. The number of hydrogen-bond acceptors (Lipinski definition) is 3. The first-order chi connectivity index (χ1) is 15.5. The van der Waals surface area contributed by atoms with Crippen LogP contribution in [0.2, 0.25) is 5.02 Å². The minimum Gasteiger partial charge on any atom is -0.355 e. The van der Waals surface area contributed by atoms with E-state index in [0.717, 1.165) is 27.7 Å². The van der Waals surface area contributed by atoms with E-state index in [1.165, 1.54) is 24.3 Å². The average Bonchev–Trinajstić information content (AvgIpc) is 3.06. The summed E-state index contributed by atoms with van der Waals surface area (Å²) in [6, 6.07) is 13.2. The third-order valence-corrected chi connectivity index (χ3v) is 5.27. The molecule has 4 rings (SSSR count). The summed E-state index contributed by atoms with van der Waals surface area (Å²) in [5.74, 6) is -0.319. The quantitative estimate of drug-likeness (QED) is 0.430. The highest BCUT2D eigenvalue weighted by Gasteiger charge is 2.29. The topological polar surface area (TPSA) is 23.6 Å². The van der Waals surface area contributed by atoms with Crippen molar-refractivity contribution in [2.24, 2.45) is 0 Å². The van der Waals surface area contributed by atoms with E-state index in [1.54, 1.807) is 0 Å². The standard InChI is InChI=1S/C17H16Cl2N2.C7H5FO.C2H6/c1-20-11-12-21(14-9-7-13(18)8-10-14)17(20)15-5-3-2-4-6-16(15)19;8-7-3-1-6(5-9)2-4-7;1-2/h2-3,5-12,17H,4H2,1H3;1-5H;1-2H3. The molecule has 0 radical (unpaired) electrons. The molecule has 0 fully saturated rings. The molecule has 1 unspecified atom stereocenters. The van der Waals surface area contributed by atoms with Gasteiger partial charge in [-0.05, 0) is 55.0 Å². The summed E-state index contributed by atoms with van der Waals surface area (Å²) in [5.41, 5.74) is 2.67. The summed E-state index contributed by atoms with van der Waals surface area (Å²) in [4.78, 5) is 14.3. The molecule has 0 saturated heterocycles. The lowest BCUT2D eigenvalue weighted by molar-refractivity contribution is 0.112. The van der Waals surface area contributed by atoms with Gasteiger partial charge >= 0.3 is 0 Å². The number of rotatable bonds is 3. The normalized spacial score (nSPS) is 16.8. The molecule has 0 bridgehead atoms. The zero-order chi connectivity index (χ0) is 23.5. The van der Waals surface area contributed by atoms with Crippen LogP contribution in [-0.4, -0.2) is 24.4 Å². The Labute approximate surface area is 199 Å². The van der Waals surface area contributed by atoms with Crippen molar-refractivity contribution in [2.75, 3.05) is 11.9 Å². The monoisotopic (exact) mass is 472 g/mol. The highest BCUT2D eigenvalue weighted by Crippen LogP contribution is 2.33. The van der Waals surface area contributed by atoms with Crippen molar-refractivity contribution in [1.29, 1.82) is 0 Å². The number of carbonyl (C=O) groups is 1. The summed E-state index contributed by atoms with van der Waals surface area (Å²) >= 11 is 12.4. The predicted octanol–water partition coefficient (Wildman–Crippen LogP) is 7.56. The third-order valence-electron chi connectivity index (χ3n) is 4.64. The zero-order valence-electron chi connectivity index (χ0n) is 18.4. The van der Waals surface area contributed by atoms with Gasteiger partial charge in [-0.3, -0.25) is 4.79 Å². The predicted molar refractivity (Wildman–Crippen MR) is 134 cm³/mol. The smallest absolute Gasteiger partial charge is 0.150 e. The van der Waals surface area contributed by atoms with E-state index in [4.69, 9.17) is 23.2 Å². The fourth-order valence-electron chi connectivity index (χ4n) is 3.12. The Kier molecular flexibility index (Phi) is 10.3. The van der Waals surface area contributed by atoms with Crippen LogP contribution in [0.5, 0.6) is 0 Å². The van der Waals surface area contributed by atoms with Gasteiger partial charge in [-0.15, -0.1) is 0 Å². The van der Waals surface area contributed by atoms with Crippen molar-refractivity contribution in [3.63, 3.8) is 0 Å².